The second-order valence-corrected chi connectivity index (χ2v) is 5.95. The van der Waals surface area contributed by atoms with Crippen molar-refractivity contribution in [1.82, 2.24) is 5.32 Å². The fourth-order valence-corrected chi connectivity index (χ4v) is 2.36. The van der Waals surface area contributed by atoms with Crippen LogP contribution >= 0.6 is 11.6 Å². The topological polar surface area (TPSA) is 21.3 Å². The average Bonchev–Trinajstić information content (AvgIpc) is 3.18. The van der Waals surface area contributed by atoms with Gasteiger partial charge in [0.1, 0.15) is 6.61 Å². The van der Waals surface area contributed by atoms with Crippen LogP contribution in [0.5, 0.6) is 0 Å². The number of rotatable bonds is 8. The van der Waals surface area contributed by atoms with Gasteiger partial charge in [0, 0.05) is 17.6 Å². The van der Waals surface area contributed by atoms with Crippen molar-refractivity contribution in [3.63, 3.8) is 0 Å². The van der Waals surface area contributed by atoms with Gasteiger partial charge in [-0.3, -0.25) is 0 Å². The Morgan fingerprint density at radius 2 is 2.10 bits per heavy atom. The molecule has 1 saturated carbocycles. The molecule has 0 heterocycles. The van der Waals surface area contributed by atoms with E-state index in [9.17, 15) is 13.2 Å². The molecular formula is C15H19ClF3NO. The fourth-order valence-electron chi connectivity index (χ4n) is 2.15. The number of hydrogen-bond acceptors (Lipinski definition) is 2. The smallest absolute Gasteiger partial charge is 0.372 e. The van der Waals surface area contributed by atoms with Crippen molar-refractivity contribution < 1.29 is 17.9 Å². The van der Waals surface area contributed by atoms with Crippen LogP contribution in [-0.4, -0.2) is 32.0 Å². The predicted octanol–water partition coefficient (Wildman–Crippen LogP) is 3.83. The van der Waals surface area contributed by atoms with Crippen LogP contribution in [0.2, 0.25) is 5.02 Å². The molecule has 1 aromatic carbocycles. The normalized spacial score (nSPS) is 17.0. The molecule has 0 bridgehead atoms. The number of halogens is 4. The molecule has 1 fully saturated rings. The number of hydrogen-bond donors (Lipinski definition) is 1. The van der Waals surface area contributed by atoms with Crippen LogP contribution < -0.4 is 5.32 Å². The first-order valence-electron chi connectivity index (χ1n) is 7.05. The lowest BCUT2D eigenvalue weighted by Gasteiger charge is -2.18. The zero-order valence-electron chi connectivity index (χ0n) is 11.6. The van der Waals surface area contributed by atoms with Gasteiger partial charge >= 0.3 is 6.18 Å². The zero-order chi connectivity index (χ0) is 15.3. The van der Waals surface area contributed by atoms with Crippen molar-refractivity contribution >= 4 is 11.6 Å². The standard InChI is InChI=1S/C15H19ClF3NO/c16-13-3-1-2-11(7-13)6-12(8-20-14-4-5-14)9-21-10-15(17,18)19/h1-3,7,12,14,20H,4-6,8-10H2. The van der Waals surface area contributed by atoms with Gasteiger partial charge in [0.2, 0.25) is 0 Å². The number of benzene rings is 1. The Kier molecular flexibility index (Phi) is 5.90. The first-order valence-corrected chi connectivity index (χ1v) is 7.42. The van der Waals surface area contributed by atoms with Crippen molar-refractivity contribution in [2.24, 2.45) is 5.92 Å². The average molecular weight is 322 g/mol. The molecule has 0 spiro atoms. The van der Waals surface area contributed by atoms with E-state index in [1.165, 1.54) is 0 Å². The van der Waals surface area contributed by atoms with Gasteiger partial charge in [-0.15, -0.1) is 0 Å². The Bertz CT molecular complexity index is 449. The molecule has 21 heavy (non-hydrogen) atoms. The molecule has 1 atom stereocenters. The van der Waals surface area contributed by atoms with E-state index < -0.39 is 12.8 Å². The Labute approximate surface area is 127 Å². The fraction of sp³-hybridized carbons (Fsp3) is 0.600. The summed E-state index contributed by atoms with van der Waals surface area (Å²) in [5, 5.41) is 3.98. The van der Waals surface area contributed by atoms with Crippen molar-refractivity contribution in [2.75, 3.05) is 19.8 Å². The molecule has 0 aromatic heterocycles. The molecule has 2 rings (SSSR count). The summed E-state index contributed by atoms with van der Waals surface area (Å²) >= 11 is 5.93. The van der Waals surface area contributed by atoms with Crippen LogP contribution in [0, 0.1) is 5.92 Å². The van der Waals surface area contributed by atoms with Crippen LogP contribution in [0.4, 0.5) is 13.2 Å². The van der Waals surface area contributed by atoms with E-state index in [0.717, 1.165) is 18.4 Å². The summed E-state index contributed by atoms with van der Waals surface area (Å²) in [7, 11) is 0. The van der Waals surface area contributed by atoms with Crippen LogP contribution in [0.3, 0.4) is 0 Å². The van der Waals surface area contributed by atoms with Gasteiger partial charge in [-0.25, -0.2) is 0 Å². The second-order valence-electron chi connectivity index (χ2n) is 5.51. The third-order valence-electron chi connectivity index (χ3n) is 3.31. The maximum atomic E-state index is 12.2. The van der Waals surface area contributed by atoms with E-state index in [0.29, 0.717) is 24.0 Å². The second kappa shape index (κ2) is 7.47. The highest BCUT2D eigenvalue weighted by atomic mass is 35.5. The summed E-state index contributed by atoms with van der Waals surface area (Å²) in [4.78, 5) is 0. The lowest BCUT2D eigenvalue weighted by Crippen LogP contribution is -2.30. The molecule has 1 aliphatic carbocycles. The highest BCUT2D eigenvalue weighted by Gasteiger charge is 2.28. The quantitative estimate of drug-likeness (QED) is 0.785. The van der Waals surface area contributed by atoms with E-state index in [1.54, 1.807) is 6.07 Å². The molecule has 118 valence electrons. The van der Waals surface area contributed by atoms with Crippen molar-refractivity contribution in [3.8, 4) is 0 Å². The van der Waals surface area contributed by atoms with Crippen molar-refractivity contribution in [1.29, 1.82) is 0 Å². The van der Waals surface area contributed by atoms with Gasteiger partial charge in [0.05, 0.1) is 6.61 Å². The molecule has 1 aromatic rings. The summed E-state index contributed by atoms with van der Waals surface area (Å²) < 4.78 is 41.3. The van der Waals surface area contributed by atoms with Crippen molar-refractivity contribution in [3.05, 3.63) is 34.9 Å². The molecule has 2 nitrogen and oxygen atoms in total. The van der Waals surface area contributed by atoms with E-state index in [2.05, 4.69) is 5.32 Å². The first-order chi connectivity index (χ1) is 9.92. The molecule has 0 aliphatic heterocycles. The Morgan fingerprint density at radius 1 is 1.33 bits per heavy atom. The minimum atomic E-state index is -4.27. The lowest BCUT2D eigenvalue weighted by atomic mass is 10.00. The van der Waals surface area contributed by atoms with Crippen LogP contribution in [0.15, 0.2) is 24.3 Å². The Morgan fingerprint density at radius 3 is 2.71 bits per heavy atom. The Hall–Kier alpha value is -0.780. The molecule has 1 N–H and O–H groups in total. The maximum absolute atomic E-state index is 12.2. The monoisotopic (exact) mass is 321 g/mol. The highest BCUT2D eigenvalue weighted by molar-refractivity contribution is 6.30. The van der Waals surface area contributed by atoms with Gasteiger partial charge in [-0.1, -0.05) is 23.7 Å². The molecule has 0 amide bonds. The third-order valence-corrected chi connectivity index (χ3v) is 3.54. The minimum absolute atomic E-state index is 0.00594. The van der Waals surface area contributed by atoms with E-state index in [-0.39, 0.29) is 12.5 Å². The highest BCUT2D eigenvalue weighted by Crippen LogP contribution is 2.21. The number of alkyl halides is 3. The van der Waals surface area contributed by atoms with E-state index in [4.69, 9.17) is 16.3 Å². The van der Waals surface area contributed by atoms with Crippen LogP contribution in [-0.2, 0) is 11.2 Å². The van der Waals surface area contributed by atoms with E-state index in [1.807, 2.05) is 18.2 Å². The minimum Gasteiger partial charge on any atom is -0.372 e. The summed E-state index contributed by atoms with van der Waals surface area (Å²) in [5.41, 5.74) is 1.01. The van der Waals surface area contributed by atoms with Gasteiger partial charge in [0.25, 0.3) is 0 Å². The summed E-state index contributed by atoms with van der Waals surface area (Å²) in [5.74, 6) is 0.00594. The van der Waals surface area contributed by atoms with Gasteiger partial charge in [-0.05, 0) is 42.9 Å². The summed E-state index contributed by atoms with van der Waals surface area (Å²) in [6.45, 7) is -0.441. The molecule has 0 radical (unpaired) electrons. The zero-order valence-corrected chi connectivity index (χ0v) is 12.4. The van der Waals surface area contributed by atoms with Crippen molar-refractivity contribution in [2.45, 2.75) is 31.5 Å². The van der Waals surface area contributed by atoms with Crippen LogP contribution in [0.1, 0.15) is 18.4 Å². The Balaban J connectivity index is 1.84. The molecule has 0 saturated heterocycles. The van der Waals surface area contributed by atoms with Gasteiger partial charge in [0.15, 0.2) is 0 Å². The molecule has 6 heteroatoms. The molecular weight excluding hydrogens is 303 g/mol. The summed E-state index contributed by atoms with van der Waals surface area (Å²) in [6.07, 6.45) is -1.33. The molecule has 1 aliphatic rings. The summed E-state index contributed by atoms with van der Waals surface area (Å²) in [6, 6.07) is 7.92. The largest absolute Gasteiger partial charge is 0.411 e. The predicted molar refractivity (Wildman–Crippen MR) is 76.5 cm³/mol. The third kappa shape index (κ3) is 7.16. The number of ether oxygens (including phenoxy) is 1. The lowest BCUT2D eigenvalue weighted by molar-refractivity contribution is -0.176. The maximum Gasteiger partial charge on any atom is 0.411 e. The van der Waals surface area contributed by atoms with E-state index >= 15 is 0 Å². The van der Waals surface area contributed by atoms with Crippen LogP contribution in [0.25, 0.3) is 0 Å². The SMILES string of the molecule is FC(F)(F)COCC(CNC1CC1)Cc1cccc(Cl)c1. The van der Waals surface area contributed by atoms with Gasteiger partial charge in [-0.2, -0.15) is 13.2 Å². The van der Waals surface area contributed by atoms with Gasteiger partial charge < -0.3 is 10.1 Å². The number of nitrogens with one attached hydrogen (secondary N) is 1. The molecule has 1 unspecified atom stereocenters. The first kappa shape index (κ1) is 16.6.